The van der Waals surface area contributed by atoms with Gasteiger partial charge in [0.05, 0.1) is 12.2 Å². The number of aromatic nitrogens is 1. The maximum absolute atomic E-state index is 12.0. The summed E-state index contributed by atoms with van der Waals surface area (Å²) in [5, 5.41) is 10.8. The molecule has 0 aliphatic carbocycles. The number of anilines is 1. The highest BCUT2D eigenvalue weighted by atomic mass is 32.1. The Morgan fingerprint density at radius 1 is 1.65 bits per heavy atom. The van der Waals surface area contributed by atoms with E-state index in [1.807, 2.05) is 5.32 Å². The molecule has 0 radical (unpaired) electrons. The van der Waals surface area contributed by atoms with E-state index < -0.39 is 24.7 Å². The van der Waals surface area contributed by atoms with Crippen LogP contribution in [0.4, 0.5) is 18.3 Å². The average molecular weight is 269 g/mol. The van der Waals surface area contributed by atoms with Crippen LogP contribution >= 0.6 is 11.3 Å². The number of carbonyl (C=O) groups excluding carboxylic acids is 1. The van der Waals surface area contributed by atoms with Gasteiger partial charge in [0.1, 0.15) is 4.88 Å². The van der Waals surface area contributed by atoms with E-state index in [1.54, 1.807) is 0 Å². The topological polar surface area (TPSA) is 88.2 Å². The number of nitrogens with two attached hydrogens (primary N) is 1. The van der Waals surface area contributed by atoms with E-state index in [9.17, 15) is 18.0 Å². The molecule has 0 spiro atoms. The van der Waals surface area contributed by atoms with Gasteiger partial charge in [0.25, 0.3) is 5.91 Å². The Labute approximate surface area is 98.5 Å². The number of thiazole rings is 1. The van der Waals surface area contributed by atoms with Gasteiger partial charge in [0, 0.05) is 0 Å². The highest BCUT2D eigenvalue weighted by Gasteiger charge is 2.38. The SMILES string of the molecule is Cc1nc(N)sc1C(=O)NCC(O)C(F)(F)F. The minimum Gasteiger partial charge on any atom is -0.382 e. The number of amides is 1. The molecule has 0 aliphatic heterocycles. The second kappa shape index (κ2) is 4.88. The van der Waals surface area contributed by atoms with Crippen molar-refractivity contribution >= 4 is 22.4 Å². The van der Waals surface area contributed by atoms with Crippen LogP contribution in [0.5, 0.6) is 0 Å². The molecule has 1 amide bonds. The Kier molecular flexibility index (Phi) is 3.94. The lowest BCUT2D eigenvalue weighted by Gasteiger charge is -2.14. The number of nitrogens with zero attached hydrogens (tertiary/aromatic N) is 1. The van der Waals surface area contributed by atoms with Crippen LogP contribution in [0.25, 0.3) is 0 Å². The zero-order chi connectivity index (χ0) is 13.2. The van der Waals surface area contributed by atoms with Crippen molar-refractivity contribution in [2.75, 3.05) is 12.3 Å². The molecule has 0 saturated heterocycles. The lowest BCUT2D eigenvalue weighted by Crippen LogP contribution is -2.40. The average Bonchev–Trinajstić information content (AvgIpc) is 2.52. The predicted molar refractivity (Wildman–Crippen MR) is 55.7 cm³/mol. The number of aliphatic hydroxyl groups excluding tert-OH is 1. The normalized spacial score (nSPS) is 13.5. The van der Waals surface area contributed by atoms with Crippen molar-refractivity contribution < 1.29 is 23.1 Å². The molecule has 1 heterocycles. The molecule has 96 valence electrons. The Balaban J connectivity index is 2.60. The van der Waals surface area contributed by atoms with E-state index in [-0.39, 0.29) is 10.0 Å². The first-order valence-electron chi connectivity index (χ1n) is 4.47. The fourth-order valence-corrected chi connectivity index (χ4v) is 1.76. The molecule has 0 aromatic carbocycles. The van der Waals surface area contributed by atoms with E-state index in [2.05, 4.69) is 4.98 Å². The number of hydrogen-bond acceptors (Lipinski definition) is 5. The lowest BCUT2D eigenvalue weighted by atomic mass is 10.3. The number of halogens is 3. The predicted octanol–water partition coefficient (Wildman–Crippen LogP) is 0.687. The van der Waals surface area contributed by atoms with Crippen molar-refractivity contribution in [1.82, 2.24) is 10.3 Å². The van der Waals surface area contributed by atoms with Crippen LogP contribution in [-0.2, 0) is 0 Å². The van der Waals surface area contributed by atoms with E-state index in [0.717, 1.165) is 11.3 Å². The monoisotopic (exact) mass is 269 g/mol. The molecule has 5 nitrogen and oxygen atoms in total. The minimum absolute atomic E-state index is 0.136. The number of alkyl halides is 3. The fraction of sp³-hybridized carbons (Fsp3) is 0.500. The third-order valence-corrected chi connectivity index (χ3v) is 2.84. The molecule has 0 aliphatic rings. The maximum Gasteiger partial charge on any atom is 0.416 e. The van der Waals surface area contributed by atoms with Gasteiger partial charge >= 0.3 is 6.18 Å². The molecule has 1 rings (SSSR count). The Morgan fingerprint density at radius 2 is 2.24 bits per heavy atom. The summed E-state index contributed by atoms with van der Waals surface area (Å²) in [4.78, 5) is 15.3. The summed E-state index contributed by atoms with van der Waals surface area (Å²) in [6.07, 6.45) is -7.34. The molecule has 0 fully saturated rings. The van der Waals surface area contributed by atoms with Gasteiger partial charge in [-0.3, -0.25) is 4.79 Å². The molecule has 1 aromatic rings. The summed E-state index contributed by atoms with van der Waals surface area (Å²) in [5.74, 6) is -0.736. The van der Waals surface area contributed by atoms with Crippen LogP contribution in [0, 0.1) is 6.92 Å². The van der Waals surface area contributed by atoms with Gasteiger partial charge in [-0.15, -0.1) is 0 Å². The maximum atomic E-state index is 12.0. The first-order valence-corrected chi connectivity index (χ1v) is 5.29. The smallest absolute Gasteiger partial charge is 0.382 e. The first kappa shape index (κ1) is 13.7. The summed E-state index contributed by atoms with van der Waals surface area (Å²) < 4.78 is 35.9. The highest BCUT2D eigenvalue weighted by Crippen LogP contribution is 2.21. The lowest BCUT2D eigenvalue weighted by molar-refractivity contribution is -0.201. The van der Waals surface area contributed by atoms with Gasteiger partial charge < -0.3 is 16.2 Å². The van der Waals surface area contributed by atoms with Crippen LogP contribution in [0.3, 0.4) is 0 Å². The molecular weight excluding hydrogens is 259 g/mol. The second-order valence-electron chi connectivity index (χ2n) is 3.23. The number of rotatable bonds is 3. The van der Waals surface area contributed by atoms with E-state index in [1.165, 1.54) is 6.92 Å². The van der Waals surface area contributed by atoms with Crippen LogP contribution in [0.15, 0.2) is 0 Å². The van der Waals surface area contributed by atoms with Crippen molar-refractivity contribution in [3.63, 3.8) is 0 Å². The molecule has 1 unspecified atom stereocenters. The molecular formula is C8H10F3N3O2S. The summed E-state index contributed by atoms with van der Waals surface area (Å²) in [6, 6.07) is 0. The number of carbonyl (C=O) groups is 1. The zero-order valence-electron chi connectivity index (χ0n) is 8.71. The van der Waals surface area contributed by atoms with Gasteiger partial charge in [0.2, 0.25) is 0 Å². The zero-order valence-corrected chi connectivity index (χ0v) is 9.52. The summed E-state index contributed by atoms with van der Waals surface area (Å²) in [5.41, 5.74) is 5.68. The number of aliphatic hydroxyl groups is 1. The molecule has 9 heteroatoms. The third kappa shape index (κ3) is 3.56. The molecule has 17 heavy (non-hydrogen) atoms. The van der Waals surface area contributed by atoms with Crippen molar-refractivity contribution in [3.05, 3.63) is 10.6 Å². The minimum atomic E-state index is -4.75. The van der Waals surface area contributed by atoms with E-state index in [0.29, 0.717) is 5.69 Å². The van der Waals surface area contributed by atoms with Gasteiger partial charge in [-0.25, -0.2) is 4.98 Å². The quantitative estimate of drug-likeness (QED) is 0.753. The van der Waals surface area contributed by atoms with E-state index >= 15 is 0 Å². The first-order chi connectivity index (χ1) is 7.71. The standard InChI is InChI=1S/C8H10F3N3O2S/c1-3-5(17-7(12)14-3)6(16)13-2-4(15)8(9,10)11/h4,15H,2H2,1H3,(H2,12,14)(H,13,16). The van der Waals surface area contributed by atoms with Crippen molar-refractivity contribution in [2.24, 2.45) is 0 Å². The number of hydrogen-bond donors (Lipinski definition) is 3. The van der Waals surface area contributed by atoms with Gasteiger partial charge in [-0.2, -0.15) is 13.2 Å². The molecule has 1 aromatic heterocycles. The van der Waals surface area contributed by atoms with E-state index in [4.69, 9.17) is 10.8 Å². The Morgan fingerprint density at radius 3 is 2.65 bits per heavy atom. The molecule has 4 N–H and O–H groups in total. The van der Waals surface area contributed by atoms with Gasteiger partial charge in [-0.05, 0) is 6.92 Å². The highest BCUT2D eigenvalue weighted by molar-refractivity contribution is 7.17. The van der Waals surface area contributed by atoms with Crippen LogP contribution in [0.2, 0.25) is 0 Å². The van der Waals surface area contributed by atoms with Gasteiger partial charge in [-0.1, -0.05) is 11.3 Å². The van der Waals surface area contributed by atoms with Crippen molar-refractivity contribution in [1.29, 1.82) is 0 Å². The number of aryl methyl sites for hydroxylation is 1. The summed E-state index contributed by atoms with van der Waals surface area (Å²) in [6.45, 7) is 0.613. The van der Waals surface area contributed by atoms with Crippen molar-refractivity contribution in [3.8, 4) is 0 Å². The van der Waals surface area contributed by atoms with Crippen molar-refractivity contribution in [2.45, 2.75) is 19.2 Å². The Hall–Kier alpha value is -1.35. The summed E-state index contributed by atoms with van der Waals surface area (Å²) in [7, 11) is 0. The fourth-order valence-electron chi connectivity index (χ4n) is 1.01. The molecule has 0 saturated carbocycles. The largest absolute Gasteiger partial charge is 0.416 e. The number of nitrogen functional groups attached to an aromatic ring is 1. The summed E-state index contributed by atoms with van der Waals surface area (Å²) >= 11 is 0.873. The molecule has 1 atom stereocenters. The molecule has 0 bridgehead atoms. The van der Waals surface area contributed by atoms with Crippen LogP contribution in [-0.4, -0.2) is 34.8 Å². The third-order valence-electron chi connectivity index (χ3n) is 1.85. The number of nitrogens with one attached hydrogen (secondary N) is 1. The van der Waals surface area contributed by atoms with Gasteiger partial charge in [0.15, 0.2) is 11.2 Å². The van der Waals surface area contributed by atoms with Crippen LogP contribution < -0.4 is 11.1 Å². The second-order valence-corrected chi connectivity index (χ2v) is 4.26. The van der Waals surface area contributed by atoms with Crippen LogP contribution in [0.1, 0.15) is 15.4 Å². The Bertz CT molecular complexity index is 419.